The Morgan fingerprint density at radius 1 is 1.17 bits per heavy atom. The fourth-order valence-corrected chi connectivity index (χ4v) is 4.32. The molecule has 184 valence electrons. The van der Waals surface area contributed by atoms with Gasteiger partial charge >= 0.3 is 0 Å². The van der Waals surface area contributed by atoms with Gasteiger partial charge in [-0.1, -0.05) is 18.2 Å². The van der Waals surface area contributed by atoms with Gasteiger partial charge in [0.2, 0.25) is 5.88 Å². The molecule has 3 aromatic heterocycles. The third-order valence-electron chi connectivity index (χ3n) is 6.23. The number of aldehydes is 1. The van der Waals surface area contributed by atoms with Crippen LogP contribution in [-0.2, 0) is 9.53 Å². The summed E-state index contributed by atoms with van der Waals surface area (Å²) in [6, 6.07) is 13.5. The zero-order chi connectivity index (χ0) is 24.9. The molecule has 0 saturated carbocycles. The molecule has 0 radical (unpaired) electrons. The fraction of sp³-hybridized carbons (Fsp3) is 0.296. The normalized spacial score (nSPS) is 17.0. The van der Waals surface area contributed by atoms with Crippen molar-refractivity contribution in [2.45, 2.75) is 12.1 Å². The molecule has 1 unspecified atom stereocenters. The van der Waals surface area contributed by atoms with Gasteiger partial charge in [0.05, 0.1) is 23.9 Å². The van der Waals surface area contributed by atoms with Crippen molar-refractivity contribution < 1.29 is 14.3 Å². The van der Waals surface area contributed by atoms with Crippen LogP contribution in [0.25, 0.3) is 22.3 Å². The number of anilines is 1. The van der Waals surface area contributed by atoms with Crippen molar-refractivity contribution in [3.8, 4) is 17.1 Å². The maximum Gasteiger partial charge on any atom is 0.242 e. The highest BCUT2D eigenvalue weighted by molar-refractivity contribution is 5.83. The summed E-state index contributed by atoms with van der Waals surface area (Å²) in [5.41, 5.74) is 4.99. The van der Waals surface area contributed by atoms with Crippen molar-refractivity contribution in [1.29, 1.82) is 0 Å². The number of rotatable bonds is 8. The van der Waals surface area contributed by atoms with Gasteiger partial charge in [-0.25, -0.2) is 9.97 Å². The highest BCUT2D eigenvalue weighted by Crippen LogP contribution is 2.28. The lowest BCUT2D eigenvalue weighted by atomic mass is 10.1. The van der Waals surface area contributed by atoms with Crippen LogP contribution in [0.3, 0.4) is 0 Å². The minimum atomic E-state index is -0.372. The van der Waals surface area contributed by atoms with Gasteiger partial charge in [-0.2, -0.15) is 0 Å². The first-order valence-corrected chi connectivity index (χ1v) is 11.9. The van der Waals surface area contributed by atoms with Gasteiger partial charge in [0.1, 0.15) is 19.0 Å². The summed E-state index contributed by atoms with van der Waals surface area (Å²) in [5, 5.41) is 0. The van der Waals surface area contributed by atoms with Crippen LogP contribution in [0.1, 0.15) is 11.6 Å². The van der Waals surface area contributed by atoms with E-state index in [0.29, 0.717) is 36.6 Å². The Bertz CT molecular complexity index is 1320. The molecule has 2 atom stereocenters. The van der Waals surface area contributed by atoms with Crippen molar-refractivity contribution in [3.63, 3.8) is 0 Å². The van der Waals surface area contributed by atoms with Crippen LogP contribution in [-0.4, -0.2) is 77.6 Å². The number of aromatic nitrogens is 4. The first-order chi connectivity index (χ1) is 17.6. The zero-order valence-electron chi connectivity index (χ0n) is 20.3. The minimum absolute atomic E-state index is 0.227. The quantitative estimate of drug-likeness (QED) is 0.350. The van der Waals surface area contributed by atoms with Crippen LogP contribution in [0.2, 0.25) is 0 Å². The molecule has 1 aliphatic heterocycles. The summed E-state index contributed by atoms with van der Waals surface area (Å²) in [7, 11) is 4.01. The SMILES string of the molecule is CN(C)c1ccc(-c2cc3nccnc3c(OC[C@@H]3CN(C(C=O)c4cccnc4)CCO3)n2)cc1. The largest absolute Gasteiger partial charge is 0.473 e. The van der Waals surface area contributed by atoms with Crippen LogP contribution in [0, 0.1) is 0 Å². The average molecular weight is 485 g/mol. The summed E-state index contributed by atoms with van der Waals surface area (Å²) in [6.07, 6.45) is 7.44. The fourth-order valence-electron chi connectivity index (χ4n) is 4.32. The molecule has 0 N–H and O–H groups in total. The number of hydrogen-bond acceptors (Lipinski definition) is 9. The second-order valence-electron chi connectivity index (χ2n) is 8.84. The summed E-state index contributed by atoms with van der Waals surface area (Å²) < 4.78 is 12.1. The molecule has 4 heterocycles. The van der Waals surface area contributed by atoms with Gasteiger partial charge in [0.15, 0.2) is 5.52 Å². The number of fused-ring (bicyclic) bond motifs is 1. The van der Waals surface area contributed by atoms with E-state index in [2.05, 4.69) is 36.9 Å². The second-order valence-corrected chi connectivity index (χ2v) is 8.84. The lowest BCUT2D eigenvalue weighted by Crippen LogP contribution is -2.46. The van der Waals surface area contributed by atoms with Crippen LogP contribution >= 0.6 is 0 Å². The van der Waals surface area contributed by atoms with E-state index in [0.717, 1.165) is 28.8 Å². The number of morpholine rings is 1. The number of carbonyl (C=O) groups is 1. The van der Waals surface area contributed by atoms with E-state index >= 15 is 0 Å². The number of carbonyl (C=O) groups excluding carboxylic acids is 1. The smallest absolute Gasteiger partial charge is 0.242 e. The molecule has 1 saturated heterocycles. The molecular weight excluding hydrogens is 456 g/mol. The molecule has 1 aromatic carbocycles. The summed E-state index contributed by atoms with van der Waals surface area (Å²) in [4.78, 5) is 33.9. The van der Waals surface area contributed by atoms with Gasteiger partial charge in [-0.3, -0.25) is 14.9 Å². The van der Waals surface area contributed by atoms with Crippen LogP contribution in [0.15, 0.2) is 67.3 Å². The van der Waals surface area contributed by atoms with Gasteiger partial charge in [-0.15, -0.1) is 0 Å². The molecule has 5 rings (SSSR count). The Morgan fingerprint density at radius 3 is 2.75 bits per heavy atom. The lowest BCUT2D eigenvalue weighted by Gasteiger charge is -2.35. The molecule has 4 aromatic rings. The molecular formula is C27H28N6O3. The van der Waals surface area contributed by atoms with Gasteiger partial charge < -0.3 is 19.2 Å². The Hall–Kier alpha value is -3.95. The van der Waals surface area contributed by atoms with E-state index < -0.39 is 0 Å². The third-order valence-corrected chi connectivity index (χ3v) is 6.23. The van der Waals surface area contributed by atoms with Crippen LogP contribution in [0.5, 0.6) is 5.88 Å². The van der Waals surface area contributed by atoms with Crippen molar-refractivity contribution in [2.24, 2.45) is 0 Å². The third kappa shape index (κ3) is 5.17. The second kappa shape index (κ2) is 10.8. The van der Waals surface area contributed by atoms with Crippen molar-refractivity contribution >= 4 is 23.0 Å². The zero-order valence-corrected chi connectivity index (χ0v) is 20.3. The highest BCUT2D eigenvalue weighted by atomic mass is 16.5. The Kier molecular flexibility index (Phi) is 7.11. The first-order valence-electron chi connectivity index (χ1n) is 11.9. The Labute approximate surface area is 209 Å². The molecule has 1 aliphatic rings. The molecule has 0 aliphatic carbocycles. The highest BCUT2D eigenvalue weighted by Gasteiger charge is 2.28. The summed E-state index contributed by atoms with van der Waals surface area (Å²) >= 11 is 0. The van der Waals surface area contributed by atoms with Gasteiger partial charge in [-0.05, 0) is 29.8 Å². The predicted octanol–water partition coefficient (Wildman–Crippen LogP) is 3.17. The number of hydrogen-bond donors (Lipinski definition) is 0. The molecule has 0 bridgehead atoms. The standard InChI is InChI=1S/C27H28N6O3/c1-32(2)21-7-5-19(6-8-21)23-14-24-26(30-11-10-29-24)27(31-23)36-18-22-16-33(12-13-35-22)25(17-34)20-4-3-9-28-15-20/h3-11,14-15,17,22,25H,12-13,16,18H2,1-2H3/t22-,25?/m0/s1. The molecule has 0 amide bonds. The first kappa shape index (κ1) is 23.8. The van der Waals surface area contributed by atoms with E-state index in [4.69, 9.17) is 14.5 Å². The van der Waals surface area contributed by atoms with E-state index in [1.54, 1.807) is 24.8 Å². The molecule has 9 heteroatoms. The van der Waals surface area contributed by atoms with Gasteiger partial charge in [0, 0.05) is 63.2 Å². The molecule has 1 fully saturated rings. The number of ether oxygens (including phenoxy) is 2. The van der Waals surface area contributed by atoms with E-state index in [1.807, 2.05) is 44.4 Å². The summed E-state index contributed by atoms with van der Waals surface area (Å²) in [5.74, 6) is 0.409. The molecule has 0 spiro atoms. The summed E-state index contributed by atoms with van der Waals surface area (Å²) in [6.45, 7) is 1.98. The maximum absolute atomic E-state index is 11.9. The topological polar surface area (TPSA) is 93.6 Å². The molecule has 9 nitrogen and oxygen atoms in total. The van der Waals surface area contributed by atoms with Crippen molar-refractivity contribution in [2.75, 3.05) is 45.3 Å². The maximum atomic E-state index is 11.9. The van der Waals surface area contributed by atoms with Crippen molar-refractivity contribution in [3.05, 3.63) is 72.8 Å². The molecule has 36 heavy (non-hydrogen) atoms. The lowest BCUT2D eigenvalue weighted by molar-refractivity contribution is -0.117. The van der Waals surface area contributed by atoms with Crippen LogP contribution < -0.4 is 9.64 Å². The van der Waals surface area contributed by atoms with Crippen LogP contribution in [0.4, 0.5) is 5.69 Å². The number of pyridine rings is 2. The van der Waals surface area contributed by atoms with E-state index in [-0.39, 0.29) is 18.8 Å². The monoisotopic (exact) mass is 484 g/mol. The van der Waals surface area contributed by atoms with Crippen molar-refractivity contribution in [1.82, 2.24) is 24.8 Å². The van der Waals surface area contributed by atoms with Gasteiger partial charge in [0.25, 0.3) is 0 Å². The Balaban J connectivity index is 1.35. The Morgan fingerprint density at radius 2 is 2.00 bits per heavy atom. The number of benzene rings is 1. The van der Waals surface area contributed by atoms with E-state index in [1.165, 1.54) is 0 Å². The predicted molar refractivity (Wildman–Crippen MR) is 137 cm³/mol. The minimum Gasteiger partial charge on any atom is -0.473 e. The average Bonchev–Trinajstić information content (AvgIpc) is 2.93. The van der Waals surface area contributed by atoms with E-state index in [9.17, 15) is 4.79 Å². The number of nitrogens with zero attached hydrogens (tertiary/aromatic N) is 6.